The molecule has 10 atom stereocenters. The van der Waals surface area contributed by atoms with E-state index in [-0.39, 0.29) is 65.6 Å². The number of rotatable bonds is 18. The van der Waals surface area contributed by atoms with Gasteiger partial charge in [-0.1, -0.05) is 56.0 Å². The summed E-state index contributed by atoms with van der Waals surface area (Å²) in [4.78, 5) is 30.8. The molecule has 0 aromatic heterocycles. The zero-order valence-corrected chi connectivity index (χ0v) is 38.0. The molecule has 3 heterocycles. The number of benzene rings is 3. The highest BCUT2D eigenvalue weighted by Crippen LogP contribution is 2.49. The minimum Gasteiger partial charge on any atom is -0.504 e. The highest BCUT2D eigenvalue weighted by molar-refractivity contribution is 5.97. The van der Waals surface area contributed by atoms with Crippen molar-refractivity contribution in [1.29, 1.82) is 0 Å². The maximum atomic E-state index is 13.8. The monoisotopic (exact) mass is 952 g/mol. The Morgan fingerprint density at radius 1 is 1.04 bits per heavy atom. The number of esters is 1. The maximum absolute atomic E-state index is 13.8. The number of aliphatic hydroxyl groups is 6. The van der Waals surface area contributed by atoms with E-state index < -0.39 is 108 Å². The predicted molar refractivity (Wildman–Crippen MR) is 241 cm³/mol. The molecule has 13 N–H and O–H groups in total. The van der Waals surface area contributed by atoms with Crippen molar-refractivity contribution in [3.8, 4) is 46.3 Å². The van der Waals surface area contributed by atoms with E-state index in [1.54, 1.807) is 20.8 Å². The Balaban J connectivity index is 1.38. The first kappa shape index (κ1) is 51.1. The largest absolute Gasteiger partial charge is 0.504 e. The number of carbonyl (C=O) groups is 2. The van der Waals surface area contributed by atoms with Crippen molar-refractivity contribution >= 4 is 23.6 Å². The highest BCUT2D eigenvalue weighted by atomic mass is 16.7. The van der Waals surface area contributed by atoms with Crippen LogP contribution in [0.15, 0.2) is 47.5 Å². The first-order valence-electron chi connectivity index (χ1n) is 22.1. The Kier molecular flexibility index (Phi) is 16.7. The van der Waals surface area contributed by atoms with Crippen molar-refractivity contribution < 1.29 is 84.0 Å². The number of fused-ring (bicyclic) bond motifs is 3. The van der Waals surface area contributed by atoms with Gasteiger partial charge in [-0.2, -0.15) is 0 Å². The number of aliphatic hydroxyl groups excluding tert-OH is 5. The van der Waals surface area contributed by atoms with Gasteiger partial charge >= 0.3 is 11.9 Å². The molecule has 6 rings (SSSR count). The topological polar surface area (TPSA) is 334 Å². The molecular formula is C47H60N4O17. The molecule has 3 aliphatic heterocycles. The van der Waals surface area contributed by atoms with Crippen LogP contribution in [0.5, 0.6) is 34.5 Å². The Labute approximate surface area is 392 Å². The van der Waals surface area contributed by atoms with Crippen LogP contribution in [0, 0.1) is 29.6 Å². The molecule has 21 nitrogen and oxygen atoms in total. The Morgan fingerprint density at radius 3 is 2.44 bits per heavy atom. The van der Waals surface area contributed by atoms with Crippen molar-refractivity contribution in [2.24, 2.45) is 28.5 Å². The van der Waals surface area contributed by atoms with Gasteiger partial charge in [0.15, 0.2) is 41.8 Å². The molecule has 0 amide bonds. The van der Waals surface area contributed by atoms with Crippen LogP contribution in [-0.4, -0.2) is 146 Å². The van der Waals surface area contributed by atoms with E-state index in [1.165, 1.54) is 7.11 Å². The van der Waals surface area contributed by atoms with Gasteiger partial charge in [-0.3, -0.25) is 0 Å². The number of hydrogen-bond donors (Lipinski definition) is 12. The van der Waals surface area contributed by atoms with Gasteiger partial charge < -0.3 is 90.7 Å². The number of ether oxygens (including phenoxy) is 6. The summed E-state index contributed by atoms with van der Waals surface area (Å²) >= 11 is 0. The first-order chi connectivity index (χ1) is 32.4. The van der Waals surface area contributed by atoms with Gasteiger partial charge in [-0.15, -0.1) is 0 Å². The lowest BCUT2D eigenvalue weighted by Crippen LogP contribution is -2.69. The second-order valence-corrected chi connectivity index (χ2v) is 17.1. The molecule has 3 aromatic carbocycles. The SMILES string of the molecule is COc1cc(C(=O)O[C@H](O)[C@H]2O[C@H]3Oc4c(OCN=C(N)NCCCCO)cc(C(=O)O)c5c4C[C@H](C#CC[C@](O)([C@@H]2O)[C@H]3O)[C@H]([C@H](O)C(C)C)[C@@H](C)N5)c(O)c(OCCc2ccccc2)c1O. The number of unbranched alkanes of at least 4 members (excludes halogenated alkanes) is 1. The summed E-state index contributed by atoms with van der Waals surface area (Å²) in [6.07, 6.45) is -11.4. The fourth-order valence-corrected chi connectivity index (χ4v) is 8.47. The average Bonchev–Trinajstić information content (AvgIpc) is 3.45. The molecule has 0 aliphatic carbocycles. The molecule has 0 spiro atoms. The van der Waals surface area contributed by atoms with Crippen LogP contribution in [-0.2, 0) is 22.3 Å². The van der Waals surface area contributed by atoms with E-state index in [0.717, 1.165) is 17.7 Å². The molecule has 1 saturated heterocycles. The molecule has 68 heavy (non-hydrogen) atoms. The van der Waals surface area contributed by atoms with E-state index in [0.29, 0.717) is 25.8 Å². The first-order valence-corrected chi connectivity index (χ1v) is 22.1. The number of carboxylic acid groups (broad SMARTS) is 1. The van der Waals surface area contributed by atoms with E-state index >= 15 is 0 Å². The lowest BCUT2D eigenvalue weighted by atomic mass is 9.76. The van der Waals surface area contributed by atoms with Crippen LogP contribution in [0.3, 0.4) is 0 Å². The fourth-order valence-electron chi connectivity index (χ4n) is 8.47. The Bertz CT molecular complexity index is 2360. The Morgan fingerprint density at radius 2 is 1.76 bits per heavy atom. The summed E-state index contributed by atoms with van der Waals surface area (Å²) in [5.74, 6) is -1.55. The summed E-state index contributed by atoms with van der Waals surface area (Å²) in [5, 5.41) is 107. The summed E-state index contributed by atoms with van der Waals surface area (Å²) in [6.45, 7) is 5.17. The van der Waals surface area contributed by atoms with Gasteiger partial charge in [0.1, 0.15) is 23.4 Å². The zero-order chi connectivity index (χ0) is 49.4. The summed E-state index contributed by atoms with van der Waals surface area (Å²) in [6, 6.07) is 10.6. The third kappa shape index (κ3) is 11.0. The van der Waals surface area contributed by atoms with Gasteiger partial charge in [-0.05, 0) is 37.7 Å². The minimum absolute atomic E-state index is 0.0143. The van der Waals surface area contributed by atoms with Crippen molar-refractivity contribution in [2.45, 2.75) is 102 Å². The number of hydrogen-bond acceptors (Lipinski definition) is 18. The van der Waals surface area contributed by atoms with E-state index in [9.17, 15) is 50.4 Å². The van der Waals surface area contributed by atoms with Gasteiger partial charge in [0.05, 0.1) is 31.1 Å². The number of aromatic carboxylic acids is 1. The van der Waals surface area contributed by atoms with Crippen LogP contribution in [0.25, 0.3) is 0 Å². The smallest absolute Gasteiger partial charge is 0.344 e. The molecule has 1 fully saturated rings. The van der Waals surface area contributed by atoms with E-state index in [1.807, 2.05) is 30.3 Å². The van der Waals surface area contributed by atoms with Crippen molar-refractivity contribution in [3.05, 3.63) is 64.7 Å². The Hall–Kier alpha value is -6.25. The minimum atomic E-state index is -2.70. The number of anilines is 1. The number of aromatic hydroxyl groups is 2. The van der Waals surface area contributed by atoms with Crippen LogP contribution >= 0.6 is 0 Å². The average molecular weight is 953 g/mol. The molecule has 0 radical (unpaired) electrons. The molecule has 0 saturated carbocycles. The second kappa shape index (κ2) is 22.2. The van der Waals surface area contributed by atoms with Crippen LogP contribution in [0.1, 0.15) is 71.9 Å². The molecular weight excluding hydrogens is 893 g/mol. The lowest BCUT2D eigenvalue weighted by Gasteiger charge is -2.48. The number of carbonyl (C=O) groups excluding carboxylic acids is 1. The summed E-state index contributed by atoms with van der Waals surface area (Å²) in [5.41, 5.74) is 3.48. The fraction of sp³-hybridized carbons (Fsp3) is 0.511. The standard InChI is InChI=1S/C47H60N4O17/c1-23(2)34(53)32-24(3)51-33-27-19-26(32)13-10-15-47(62)40(56)39(44(61)68-43(60)29-21-30(63-4)36(55)38(35(29)54)64-18-14-25-11-6-5-7-12-25)67-45(41(47)57)66-37(27)31(20-28(33)42(58)59)65-22-50-46(48)49-16-8-9-17-52/h5-7,11-12,20-21,23-24,26,32,34,39-41,44-45,51-57,61-62H,8-9,14-19,22H2,1-4H3,(H,58,59)(H3,48,49,50)/t24-,26+,32-,34-,39+,40-,41+,44+,45-,47+/m1/s1. The zero-order valence-electron chi connectivity index (χ0n) is 38.0. The van der Waals surface area contributed by atoms with Gasteiger partial charge in [-0.25, -0.2) is 14.6 Å². The van der Waals surface area contributed by atoms with Gasteiger partial charge in [0.25, 0.3) is 0 Å². The third-order valence-corrected chi connectivity index (χ3v) is 12.2. The van der Waals surface area contributed by atoms with Gasteiger partial charge in [0, 0.05) is 61.6 Å². The molecule has 3 aromatic rings. The second-order valence-electron chi connectivity index (χ2n) is 17.1. The normalized spacial score (nSPS) is 25.2. The number of phenols is 2. The van der Waals surface area contributed by atoms with Crippen molar-refractivity contribution in [1.82, 2.24) is 5.32 Å². The van der Waals surface area contributed by atoms with E-state index in [4.69, 9.17) is 39.3 Å². The van der Waals surface area contributed by atoms with Crippen LogP contribution in [0.2, 0.25) is 0 Å². The van der Waals surface area contributed by atoms with Crippen LogP contribution < -0.4 is 35.3 Å². The summed E-state index contributed by atoms with van der Waals surface area (Å²) < 4.78 is 34.5. The number of methoxy groups -OCH3 is 1. The molecule has 0 unspecified atom stereocenters. The number of nitrogens with two attached hydrogens (primary N) is 1. The quantitative estimate of drug-likeness (QED) is 0.0213. The third-order valence-electron chi connectivity index (χ3n) is 12.2. The maximum Gasteiger partial charge on any atom is 0.344 e. The number of guanidine groups is 1. The van der Waals surface area contributed by atoms with Crippen molar-refractivity contribution in [2.75, 3.05) is 38.9 Å². The number of carboxylic acids is 1. The highest BCUT2D eigenvalue weighted by Gasteiger charge is 2.59. The van der Waals surface area contributed by atoms with Crippen molar-refractivity contribution in [3.63, 3.8) is 0 Å². The number of aliphatic imine (C=N–C) groups is 1. The van der Waals surface area contributed by atoms with Gasteiger partial charge in [0.2, 0.25) is 24.1 Å². The number of nitrogens with one attached hydrogen (secondary N) is 2. The molecule has 4 bridgehead atoms. The lowest BCUT2D eigenvalue weighted by molar-refractivity contribution is -0.337. The predicted octanol–water partition coefficient (Wildman–Crippen LogP) is 1.18. The number of nitrogens with zero attached hydrogens (tertiary/aromatic N) is 1. The molecule has 3 aliphatic rings. The summed E-state index contributed by atoms with van der Waals surface area (Å²) in [7, 11) is 1.18. The molecule has 21 heteroatoms. The molecule has 370 valence electrons. The number of phenolic OH excluding ortho intramolecular Hbond substituents is 2. The van der Waals surface area contributed by atoms with Crippen LogP contribution in [0.4, 0.5) is 5.69 Å². The van der Waals surface area contributed by atoms with E-state index in [2.05, 4.69) is 27.5 Å².